The summed E-state index contributed by atoms with van der Waals surface area (Å²) in [4.78, 5) is 11.8. The van der Waals surface area contributed by atoms with Gasteiger partial charge in [-0.3, -0.25) is 4.79 Å². The lowest BCUT2D eigenvalue weighted by Gasteiger charge is -2.12. The Hall–Kier alpha value is -2.17. The van der Waals surface area contributed by atoms with Crippen molar-refractivity contribution in [2.75, 3.05) is 18.4 Å². The molecule has 0 spiro atoms. The first-order chi connectivity index (χ1) is 10.1. The Labute approximate surface area is 124 Å². The van der Waals surface area contributed by atoms with Gasteiger partial charge in [0.25, 0.3) is 0 Å². The maximum absolute atomic E-state index is 11.8. The number of hydrogen-bond acceptors (Lipinski definition) is 3. The van der Waals surface area contributed by atoms with Crippen molar-refractivity contribution in [2.45, 2.75) is 13.0 Å². The Kier molecular flexibility index (Phi) is 5.49. The first kappa shape index (κ1) is 15.2. The summed E-state index contributed by atoms with van der Waals surface area (Å²) in [6.07, 6.45) is -0.613. The summed E-state index contributed by atoms with van der Waals surface area (Å²) in [5.41, 5.74) is 2.76. The molecule has 0 saturated carbocycles. The summed E-state index contributed by atoms with van der Waals surface area (Å²) < 4.78 is 0. The van der Waals surface area contributed by atoms with Crippen LogP contribution in [0.1, 0.15) is 17.2 Å². The fraction of sp³-hybridized carbons (Fsp3) is 0.235. The zero-order valence-corrected chi connectivity index (χ0v) is 12.0. The molecule has 21 heavy (non-hydrogen) atoms. The van der Waals surface area contributed by atoms with E-state index in [4.69, 9.17) is 0 Å². The topological polar surface area (TPSA) is 61.4 Å². The molecule has 0 aromatic heterocycles. The molecule has 0 aliphatic rings. The van der Waals surface area contributed by atoms with E-state index in [1.54, 1.807) is 0 Å². The third-order valence-corrected chi connectivity index (χ3v) is 3.14. The Bertz CT molecular complexity index is 567. The van der Waals surface area contributed by atoms with Crippen LogP contribution >= 0.6 is 0 Å². The van der Waals surface area contributed by atoms with Gasteiger partial charge in [-0.25, -0.2) is 0 Å². The van der Waals surface area contributed by atoms with E-state index in [9.17, 15) is 9.90 Å². The highest BCUT2D eigenvalue weighted by Gasteiger charge is 2.07. The molecule has 110 valence electrons. The summed E-state index contributed by atoms with van der Waals surface area (Å²) in [5, 5.41) is 15.7. The maximum Gasteiger partial charge on any atom is 0.238 e. The van der Waals surface area contributed by atoms with Crippen LogP contribution in [-0.2, 0) is 4.79 Å². The average molecular weight is 284 g/mol. The SMILES string of the molecule is Cc1ccc(NC(=O)CNCC(O)c2ccccc2)cc1. The fourth-order valence-electron chi connectivity index (χ4n) is 1.96. The van der Waals surface area contributed by atoms with E-state index in [1.165, 1.54) is 0 Å². The van der Waals surface area contributed by atoms with Crippen molar-refractivity contribution in [1.29, 1.82) is 0 Å². The fourth-order valence-corrected chi connectivity index (χ4v) is 1.96. The normalized spacial score (nSPS) is 11.9. The smallest absolute Gasteiger partial charge is 0.238 e. The largest absolute Gasteiger partial charge is 0.387 e. The van der Waals surface area contributed by atoms with Gasteiger partial charge in [0.1, 0.15) is 0 Å². The molecule has 0 fully saturated rings. The van der Waals surface area contributed by atoms with Gasteiger partial charge in [0.15, 0.2) is 0 Å². The van der Waals surface area contributed by atoms with E-state index < -0.39 is 6.10 Å². The molecular weight excluding hydrogens is 264 g/mol. The van der Waals surface area contributed by atoms with Crippen LogP contribution in [0.3, 0.4) is 0 Å². The predicted octanol–water partition coefficient (Wildman–Crippen LogP) is 2.26. The van der Waals surface area contributed by atoms with Crippen molar-refractivity contribution < 1.29 is 9.90 Å². The third-order valence-electron chi connectivity index (χ3n) is 3.14. The number of carbonyl (C=O) groups excluding carboxylic acids is 1. The van der Waals surface area contributed by atoms with Gasteiger partial charge >= 0.3 is 0 Å². The molecule has 0 bridgehead atoms. The molecule has 2 aromatic rings. The van der Waals surface area contributed by atoms with E-state index >= 15 is 0 Å². The molecule has 2 rings (SSSR count). The number of aliphatic hydroxyl groups excluding tert-OH is 1. The van der Waals surface area contributed by atoms with Crippen LogP contribution in [0.4, 0.5) is 5.69 Å². The number of aliphatic hydroxyl groups is 1. The highest BCUT2D eigenvalue weighted by Crippen LogP contribution is 2.10. The number of hydrogen-bond donors (Lipinski definition) is 3. The Morgan fingerprint density at radius 1 is 1.10 bits per heavy atom. The first-order valence-electron chi connectivity index (χ1n) is 6.95. The third kappa shape index (κ3) is 5.02. The number of rotatable bonds is 6. The van der Waals surface area contributed by atoms with E-state index in [0.717, 1.165) is 16.8 Å². The maximum atomic E-state index is 11.8. The molecule has 0 saturated heterocycles. The minimum atomic E-state index is -0.613. The zero-order valence-electron chi connectivity index (χ0n) is 12.0. The van der Waals surface area contributed by atoms with Gasteiger partial charge < -0.3 is 15.7 Å². The minimum Gasteiger partial charge on any atom is -0.387 e. The summed E-state index contributed by atoms with van der Waals surface area (Å²) >= 11 is 0. The average Bonchev–Trinajstić information content (AvgIpc) is 2.50. The van der Waals surface area contributed by atoms with Crippen LogP contribution < -0.4 is 10.6 Å². The minimum absolute atomic E-state index is 0.126. The van der Waals surface area contributed by atoms with Crippen LogP contribution in [0.15, 0.2) is 54.6 Å². The summed E-state index contributed by atoms with van der Waals surface area (Å²) in [7, 11) is 0. The van der Waals surface area contributed by atoms with Gasteiger partial charge in [0.05, 0.1) is 12.6 Å². The van der Waals surface area contributed by atoms with Crippen molar-refractivity contribution in [2.24, 2.45) is 0 Å². The quantitative estimate of drug-likeness (QED) is 0.762. The van der Waals surface area contributed by atoms with Crippen LogP contribution in [-0.4, -0.2) is 24.1 Å². The molecule has 1 atom stereocenters. The molecule has 4 nitrogen and oxygen atoms in total. The second-order valence-corrected chi connectivity index (χ2v) is 4.97. The van der Waals surface area contributed by atoms with Gasteiger partial charge in [-0.2, -0.15) is 0 Å². The van der Waals surface area contributed by atoms with Crippen molar-refractivity contribution in [3.05, 3.63) is 65.7 Å². The highest BCUT2D eigenvalue weighted by atomic mass is 16.3. The van der Waals surface area contributed by atoms with E-state index in [2.05, 4.69) is 10.6 Å². The number of benzene rings is 2. The van der Waals surface area contributed by atoms with E-state index in [1.807, 2.05) is 61.5 Å². The van der Waals surface area contributed by atoms with Gasteiger partial charge in [-0.05, 0) is 24.6 Å². The van der Waals surface area contributed by atoms with Crippen molar-refractivity contribution >= 4 is 11.6 Å². The molecule has 3 N–H and O–H groups in total. The number of anilines is 1. The lowest BCUT2D eigenvalue weighted by molar-refractivity contribution is -0.115. The van der Waals surface area contributed by atoms with Crippen LogP contribution in [0.2, 0.25) is 0 Å². The van der Waals surface area contributed by atoms with Crippen molar-refractivity contribution in [3.8, 4) is 0 Å². The Morgan fingerprint density at radius 2 is 1.76 bits per heavy atom. The van der Waals surface area contributed by atoms with Crippen molar-refractivity contribution in [1.82, 2.24) is 5.32 Å². The first-order valence-corrected chi connectivity index (χ1v) is 6.95. The molecule has 1 unspecified atom stereocenters. The molecule has 4 heteroatoms. The predicted molar refractivity (Wildman–Crippen MR) is 84.1 cm³/mol. The number of nitrogens with one attached hydrogen (secondary N) is 2. The standard InChI is InChI=1S/C17H20N2O2/c1-13-7-9-15(10-8-13)19-17(21)12-18-11-16(20)14-5-3-2-4-6-14/h2-10,16,18,20H,11-12H2,1H3,(H,19,21). The van der Waals surface area contributed by atoms with Crippen LogP contribution in [0, 0.1) is 6.92 Å². The lowest BCUT2D eigenvalue weighted by Crippen LogP contribution is -2.31. The molecule has 0 aliphatic carbocycles. The molecule has 0 radical (unpaired) electrons. The molecule has 0 aliphatic heterocycles. The molecule has 1 amide bonds. The zero-order chi connectivity index (χ0) is 15.1. The summed E-state index contributed by atoms with van der Waals surface area (Å²) in [6, 6.07) is 17.0. The second-order valence-electron chi connectivity index (χ2n) is 4.97. The monoisotopic (exact) mass is 284 g/mol. The number of carbonyl (C=O) groups is 1. The van der Waals surface area contributed by atoms with E-state index in [-0.39, 0.29) is 12.5 Å². The van der Waals surface area contributed by atoms with Crippen molar-refractivity contribution in [3.63, 3.8) is 0 Å². The highest BCUT2D eigenvalue weighted by molar-refractivity contribution is 5.92. The van der Waals surface area contributed by atoms with E-state index in [0.29, 0.717) is 6.54 Å². The van der Waals surface area contributed by atoms with Gasteiger partial charge in [-0.1, -0.05) is 48.0 Å². The van der Waals surface area contributed by atoms with Crippen LogP contribution in [0.25, 0.3) is 0 Å². The Balaban J connectivity index is 1.73. The second kappa shape index (κ2) is 7.57. The lowest BCUT2D eigenvalue weighted by atomic mass is 10.1. The van der Waals surface area contributed by atoms with Gasteiger partial charge in [0, 0.05) is 12.2 Å². The number of aryl methyl sites for hydroxylation is 1. The molecule has 2 aromatic carbocycles. The molecule has 0 heterocycles. The van der Waals surface area contributed by atoms with Gasteiger partial charge in [0.2, 0.25) is 5.91 Å². The van der Waals surface area contributed by atoms with Crippen LogP contribution in [0.5, 0.6) is 0 Å². The summed E-state index contributed by atoms with van der Waals surface area (Å²) in [5.74, 6) is -0.126. The number of amides is 1. The molecular formula is C17H20N2O2. The summed E-state index contributed by atoms with van der Waals surface area (Å²) in [6.45, 7) is 2.50. The Morgan fingerprint density at radius 3 is 2.43 bits per heavy atom. The van der Waals surface area contributed by atoms with Gasteiger partial charge in [-0.15, -0.1) is 0 Å².